The van der Waals surface area contributed by atoms with E-state index in [1.807, 2.05) is 32.0 Å². The number of hydrogen-bond acceptors (Lipinski definition) is 7. The van der Waals surface area contributed by atoms with Crippen molar-refractivity contribution in [1.82, 2.24) is 9.97 Å². The molecular formula is C22H22N2O4S. The Morgan fingerprint density at radius 2 is 1.97 bits per heavy atom. The third-order valence-corrected chi connectivity index (χ3v) is 4.71. The number of ether oxygens (including phenoxy) is 3. The van der Waals surface area contributed by atoms with Crippen molar-refractivity contribution in [2.75, 3.05) is 6.61 Å². The number of rotatable bonds is 8. The SMILES string of the molecule is CCOC(=O)C=Cc1cc(C)c(Oc2ccc(OCc3cncs3)cn2)c(C)c1. The lowest BCUT2D eigenvalue weighted by atomic mass is 10.1. The van der Waals surface area contributed by atoms with Crippen molar-refractivity contribution in [3.8, 4) is 17.4 Å². The van der Waals surface area contributed by atoms with Gasteiger partial charge in [-0.25, -0.2) is 9.78 Å². The summed E-state index contributed by atoms with van der Waals surface area (Å²) in [4.78, 5) is 20.9. The summed E-state index contributed by atoms with van der Waals surface area (Å²) in [5, 5.41) is 0. The van der Waals surface area contributed by atoms with Gasteiger partial charge in [-0.1, -0.05) is 0 Å². The Balaban J connectivity index is 1.65. The molecule has 29 heavy (non-hydrogen) atoms. The first kappa shape index (κ1) is 20.5. The number of nitrogens with zero attached hydrogens (tertiary/aromatic N) is 2. The first-order valence-electron chi connectivity index (χ1n) is 9.15. The van der Waals surface area contributed by atoms with E-state index >= 15 is 0 Å². The molecule has 7 heteroatoms. The molecule has 3 aromatic rings. The number of carbonyl (C=O) groups excluding carboxylic acids is 1. The number of hydrogen-bond donors (Lipinski definition) is 0. The van der Waals surface area contributed by atoms with Gasteiger partial charge in [-0.3, -0.25) is 4.98 Å². The van der Waals surface area contributed by atoms with Crippen LogP contribution in [0.3, 0.4) is 0 Å². The number of benzene rings is 1. The standard InChI is InChI=1S/C22H22N2O4S/c1-4-26-21(25)8-5-17-9-15(2)22(16(3)10-17)28-20-7-6-18(11-24-20)27-13-19-12-23-14-29-19/h5-12,14H,4,13H2,1-3H3. The summed E-state index contributed by atoms with van der Waals surface area (Å²) in [5.41, 5.74) is 4.57. The molecule has 2 heterocycles. The topological polar surface area (TPSA) is 70.5 Å². The van der Waals surface area contributed by atoms with E-state index in [4.69, 9.17) is 14.2 Å². The molecule has 0 saturated carbocycles. The lowest BCUT2D eigenvalue weighted by molar-refractivity contribution is -0.137. The monoisotopic (exact) mass is 410 g/mol. The first-order valence-corrected chi connectivity index (χ1v) is 10.0. The fraction of sp³-hybridized carbons (Fsp3) is 0.227. The van der Waals surface area contributed by atoms with Crippen LogP contribution in [0.25, 0.3) is 6.08 Å². The molecule has 0 spiro atoms. The summed E-state index contributed by atoms with van der Waals surface area (Å²) < 4.78 is 16.6. The molecule has 0 bridgehead atoms. The van der Waals surface area contributed by atoms with E-state index in [1.165, 1.54) is 6.08 Å². The van der Waals surface area contributed by atoms with Gasteiger partial charge in [-0.15, -0.1) is 11.3 Å². The second-order valence-corrected chi connectivity index (χ2v) is 7.23. The Morgan fingerprint density at radius 3 is 2.59 bits per heavy atom. The molecule has 3 rings (SSSR count). The Kier molecular flexibility index (Phi) is 6.97. The van der Waals surface area contributed by atoms with Crippen molar-refractivity contribution in [2.45, 2.75) is 27.4 Å². The van der Waals surface area contributed by atoms with E-state index in [0.29, 0.717) is 24.8 Å². The Hall–Kier alpha value is -3.19. The van der Waals surface area contributed by atoms with Gasteiger partial charge >= 0.3 is 5.97 Å². The zero-order chi connectivity index (χ0) is 20.6. The smallest absolute Gasteiger partial charge is 0.330 e. The van der Waals surface area contributed by atoms with Gasteiger partial charge in [0.25, 0.3) is 0 Å². The molecule has 0 aliphatic heterocycles. The van der Waals surface area contributed by atoms with Crippen LogP contribution >= 0.6 is 11.3 Å². The van der Waals surface area contributed by atoms with E-state index in [-0.39, 0.29) is 5.97 Å². The van der Waals surface area contributed by atoms with Crippen molar-refractivity contribution in [3.63, 3.8) is 0 Å². The summed E-state index contributed by atoms with van der Waals surface area (Å²) in [6.45, 7) is 6.51. The zero-order valence-corrected chi connectivity index (χ0v) is 17.4. The molecule has 2 aromatic heterocycles. The lowest BCUT2D eigenvalue weighted by Gasteiger charge is -2.12. The van der Waals surface area contributed by atoms with Crippen LogP contribution < -0.4 is 9.47 Å². The van der Waals surface area contributed by atoms with Crippen LogP contribution in [0.4, 0.5) is 0 Å². The number of aromatic nitrogens is 2. The molecule has 0 radical (unpaired) electrons. The zero-order valence-electron chi connectivity index (χ0n) is 16.5. The molecular weight excluding hydrogens is 388 g/mol. The highest BCUT2D eigenvalue weighted by Crippen LogP contribution is 2.30. The van der Waals surface area contributed by atoms with E-state index in [2.05, 4.69) is 9.97 Å². The van der Waals surface area contributed by atoms with Crippen molar-refractivity contribution < 1.29 is 19.0 Å². The number of esters is 1. The maximum Gasteiger partial charge on any atom is 0.330 e. The average Bonchev–Trinajstić information content (AvgIpc) is 3.22. The highest BCUT2D eigenvalue weighted by Gasteiger charge is 2.09. The van der Waals surface area contributed by atoms with Gasteiger partial charge in [0, 0.05) is 18.3 Å². The maximum absolute atomic E-state index is 11.5. The largest absolute Gasteiger partial charge is 0.486 e. The molecule has 0 N–H and O–H groups in total. The van der Waals surface area contributed by atoms with Gasteiger partial charge < -0.3 is 14.2 Å². The summed E-state index contributed by atoms with van der Waals surface area (Å²) in [6, 6.07) is 7.50. The fourth-order valence-corrected chi connectivity index (χ4v) is 3.19. The third-order valence-electron chi connectivity index (χ3n) is 3.96. The van der Waals surface area contributed by atoms with Crippen LogP contribution in [-0.4, -0.2) is 22.5 Å². The van der Waals surface area contributed by atoms with Gasteiger partial charge in [0.15, 0.2) is 0 Å². The predicted octanol–water partition coefficient (Wildman–Crippen LogP) is 5.10. The number of carbonyl (C=O) groups is 1. The van der Waals surface area contributed by atoms with Crippen molar-refractivity contribution in [1.29, 1.82) is 0 Å². The highest BCUT2D eigenvalue weighted by atomic mass is 32.1. The second kappa shape index (κ2) is 9.84. The van der Waals surface area contributed by atoms with Crippen molar-refractivity contribution in [3.05, 3.63) is 69.8 Å². The van der Waals surface area contributed by atoms with Crippen molar-refractivity contribution in [2.24, 2.45) is 0 Å². The van der Waals surface area contributed by atoms with E-state index in [1.54, 1.807) is 48.3 Å². The van der Waals surface area contributed by atoms with Gasteiger partial charge in [0.1, 0.15) is 18.1 Å². The van der Waals surface area contributed by atoms with E-state index < -0.39 is 0 Å². The molecule has 0 atom stereocenters. The van der Waals surface area contributed by atoms with Gasteiger partial charge in [-0.05, 0) is 61.7 Å². The maximum atomic E-state index is 11.5. The Bertz CT molecular complexity index is 960. The van der Waals surface area contributed by atoms with Crippen LogP contribution in [0.1, 0.15) is 28.5 Å². The summed E-state index contributed by atoms with van der Waals surface area (Å²) >= 11 is 1.55. The summed E-state index contributed by atoms with van der Waals surface area (Å²) in [5.74, 6) is 1.53. The predicted molar refractivity (Wildman–Crippen MR) is 112 cm³/mol. The molecule has 0 amide bonds. The quantitative estimate of drug-likeness (QED) is 0.380. The molecule has 0 aliphatic rings. The summed E-state index contributed by atoms with van der Waals surface area (Å²) in [7, 11) is 0. The minimum absolute atomic E-state index is 0.356. The van der Waals surface area contributed by atoms with Gasteiger partial charge in [0.2, 0.25) is 5.88 Å². The lowest BCUT2D eigenvalue weighted by Crippen LogP contribution is -1.99. The van der Waals surface area contributed by atoms with Crippen LogP contribution in [0, 0.1) is 13.8 Å². The summed E-state index contributed by atoms with van der Waals surface area (Å²) in [6.07, 6.45) is 6.57. The number of aryl methyl sites for hydroxylation is 2. The molecule has 0 aliphatic carbocycles. The highest BCUT2D eigenvalue weighted by molar-refractivity contribution is 7.09. The third kappa shape index (κ3) is 5.89. The van der Waals surface area contributed by atoms with Gasteiger partial charge in [0.05, 0.1) is 23.2 Å². The molecule has 0 saturated heterocycles. The normalized spacial score (nSPS) is 10.9. The number of pyridine rings is 1. The molecule has 1 aromatic carbocycles. The second-order valence-electron chi connectivity index (χ2n) is 6.26. The van der Waals surface area contributed by atoms with Crippen LogP contribution in [0.2, 0.25) is 0 Å². The first-order chi connectivity index (χ1) is 14.0. The van der Waals surface area contributed by atoms with E-state index in [9.17, 15) is 4.79 Å². The molecule has 0 fully saturated rings. The van der Waals surface area contributed by atoms with Crippen LogP contribution in [0.15, 0.2) is 48.2 Å². The van der Waals surface area contributed by atoms with Crippen LogP contribution in [0.5, 0.6) is 17.4 Å². The molecule has 150 valence electrons. The Labute approximate surface area is 173 Å². The van der Waals surface area contributed by atoms with Crippen LogP contribution in [-0.2, 0) is 16.1 Å². The Morgan fingerprint density at radius 1 is 1.17 bits per heavy atom. The van der Waals surface area contributed by atoms with E-state index in [0.717, 1.165) is 27.3 Å². The minimum Gasteiger partial charge on any atom is -0.486 e. The molecule has 0 unspecified atom stereocenters. The fourth-order valence-electron chi connectivity index (χ4n) is 2.68. The van der Waals surface area contributed by atoms with Gasteiger partial charge in [-0.2, -0.15) is 0 Å². The molecule has 6 nitrogen and oxygen atoms in total. The van der Waals surface area contributed by atoms with Crippen molar-refractivity contribution >= 4 is 23.4 Å². The minimum atomic E-state index is -0.356. The number of thiazole rings is 1. The average molecular weight is 410 g/mol.